The lowest BCUT2D eigenvalue weighted by Crippen LogP contribution is -2.16. The predicted molar refractivity (Wildman–Crippen MR) is 125 cm³/mol. The first-order valence-corrected chi connectivity index (χ1v) is 10.6. The molecule has 33 heavy (non-hydrogen) atoms. The molecule has 1 N–H and O–H groups in total. The number of carboxylic acids is 1. The average Bonchev–Trinajstić information content (AvgIpc) is 2.82. The van der Waals surface area contributed by atoms with Gasteiger partial charge in [0.05, 0.1) is 11.1 Å². The van der Waals surface area contributed by atoms with Crippen molar-refractivity contribution in [2.45, 2.75) is 40.0 Å². The Morgan fingerprint density at radius 1 is 0.758 bits per heavy atom. The molecule has 2 aromatic rings. The molecule has 0 heterocycles. The number of rotatable bonds is 10. The molecule has 0 aliphatic carbocycles. The van der Waals surface area contributed by atoms with Crippen molar-refractivity contribution in [3.8, 4) is 0 Å². The molecule has 6 nitrogen and oxygen atoms in total. The van der Waals surface area contributed by atoms with Gasteiger partial charge >= 0.3 is 17.9 Å². The van der Waals surface area contributed by atoms with Gasteiger partial charge in [0.15, 0.2) is 0 Å². The van der Waals surface area contributed by atoms with Crippen molar-refractivity contribution in [2.24, 2.45) is 0 Å². The second-order valence-corrected chi connectivity index (χ2v) is 7.46. The Balaban J connectivity index is 2.30. The van der Waals surface area contributed by atoms with Gasteiger partial charge in [-0.25, -0.2) is 14.4 Å². The number of allylic oxidation sites excluding steroid dienone is 2. The zero-order valence-corrected chi connectivity index (χ0v) is 19.1. The van der Waals surface area contributed by atoms with E-state index in [0.717, 1.165) is 11.1 Å². The van der Waals surface area contributed by atoms with Gasteiger partial charge in [0.2, 0.25) is 0 Å². The van der Waals surface area contributed by atoms with E-state index in [4.69, 9.17) is 9.47 Å². The van der Waals surface area contributed by atoms with Crippen molar-refractivity contribution in [2.75, 3.05) is 0 Å². The summed E-state index contributed by atoms with van der Waals surface area (Å²) in [6.07, 6.45) is 0.705. The smallest absolute Gasteiger partial charge is 0.342 e. The van der Waals surface area contributed by atoms with Gasteiger partial charge in [-0.15, -0.1) is 0 Å². The first kappa shape index (κ1) is 25.3. The Kier molecular flexibility index (Phi) is 9.36. The van der Waals surface area contributed by atoms with Gasteiger partial charge in [0.25, 0.3) is 0 Å². The highest BCUT2D eigenvalue weighted by Gasteiger charge is 2.21. The quantitative estimate of drug-likeness (QED) is 0.307. The zero-order chi connectivity index (χ0) is 24.4. The van der Waals surface area contributed by atoms with Crippen molar-refractivity contribution in [1.29, 1.82) is 0 Å². The Labute approximate surface area is 193 Å². The number of hydrogen-bond acceptors (Lipinski definition) is 5. The monoisotopic (exact) mass is 448 g/mol. The Hall–Kier alpha value is -3.93. The van der Waals surface area contributed by atoms with Crippen LogP contribution in [0.2, 0.25) is 0 Å². The van der Waals surface area contributed by atoms with Crippen molar-refractivity contribution < 1.29 is 29.0 Å². The molecule has 0 saturated carbocycles. The normalized spacial score (nSPS) is 12.2. The molecule has 0 bridgehead atoms. The molecule has 2 rings (SSSR count). The summed E-state index contributed by atoms with van der Waals surface area (Å²) in [4.78, 5) is 36.8. The third kappa shape index (κ3) is 7.61. The van der Waals surface area contributed by atoms with Crippen LogP contribution < -0.4 is 0 Å². The van der Waals surface area contributed by atoms with Crippen LogP contribution in [-0.4, -0.2) is 23.0 Å². The molecule has 6 heteroatoms. The van der Waals surface area contributed by atoms with E-state index in [1.165, 1.54) is 13.8 Å². The Morgan fingerprint density at radius 3 is 1.73 bits per heavy atom. The number of esters is 2. The van der Waals surface area contributed by atoms with Crippen molar-refractivity contribution in [1.82, 2.24) is 0 Å². The molecule has 0 aliphatic heterocycles. The van der Waals surface area contributed by atoms with E-state index < -0.39 is 17.9 Å². The molecule has 0 aromatic heterocycles. The predicted octanol–water partition coefficient (Wildman–Crippen LogP) is 5.16. The summed E-state index contributed by atoms with van der Waals surface area (Å²) in [6.45, 7) is 8.37. The third-order valence-corrected chi connectivity index (χ3v) is 4.97. The molecule has 2 aromatic carbocycles. The molecule has 172 valence electrons. The van der Waals surface area contributed by atoms with E-state index in [1.54, 1.807) is 6.92 Å². The van der Waals surface area contributed by atoms with Crippen molar-refractivity contribution in [3.63, 3.8) is 0 Å². The SMILES string of the molecule is C=C(Cc1ccccc1)C(=O)OC(Cc1ccccc1)=C(C)C(=O)OC(CC)=C(C)C(=O)O. The summed E-state index contributed by atoms with van der Waals surface area (Å²) in [5, 5.41) is 9.20. The molecule has 0 aliphatic rings. The third-order valence-electron chi connectivity index (χ3n) is 4.97. The highest BCUT2D eigenvalue weighted by molar-refractivity contribution is 5.93. The van der Waals surface area contributed by atoms with Crippen molar-refractivity contribution in [3.05, 3.63) is 107 Å². The summed E-state index contributed by atoms with van der Waals surface area (Å²) in [5.41, 5.74) is 1.99. The van der Waals surface area contributed by atoms with Crippen LogP contribution in [0.3, 0.4) is 0 Å². The fraction of sp³-hybridized carbons (Fsp3) is 0.222. The summed E-state index contributed by atoms with van der Waals surface area (Å²) >= 11 is 0. The lowest BCUT2D eigenvalue weighted by molar-refractivity contribution is -0.137. The number of hydrogen-bond donors (Lipinski definition) is 1. The molecule has 0 amide bonds. The van der Waals surface area contributed by atoms with E-state index in [0.29, 0.717) is 6.42 Å². The number of carbonyl (C=O) groups is 3. The lowest BCUT2D eigenvalue weighted by atomic mass is 10.1. The summed E-state index contributed by atoms with van der Waals surface area (Å²) in [6, 6.07) is 18.6. The molecule has 0 atom stereocenters. The minimum atomic E-state index is -1.17. The first-order chi connectivity index (χ1) is 15.7. The van der Waals surface area contributed by atoms with Gasteiger partial charge in [0.1, 0.15) is 11.5 Å². The molecule has 0 saturated heterocycles. The highest BCUT2D eigenvalue weighted by atomic mass is 16.6. The van der Waals surface area contributed by atoms with Gasteiger partial charge in [-0.1, -0.05) is 74.2 Å². The van der Waals surface area contributed by atoms with Crippen LogP contribution in [0.15, 0.2) is 95.5 Å². The van der Waals surface area contributed by atoms with Crippen molar-refractivity contribution >= 4 is 17.9 Å². The minimum Gasteiger partial charge on any atom is -0.478 e. The fourth-order valence-electron chi connectivity index (χ4n) is 2.96. The van der Waals surface area contributed by atoms with Gasteiger partial charge in [-0.05, 0) is 25.0 Å². The van der Waals surface area contributed by atoms with Crippen LogP contribution in [0, 0.1) is 0 Å². The van der Waals surface area contributed by atoms with Crippen LogP contribution in [0.25, 0.3) is 0 Å². The van der Waals surface area contributed by atoms with Crippen LogP contribution in [0.5, 0.6) is 0 Å². The summed E-state index contributed by atoms with van der Waals surface area (Å²) < 4.78 is 10.9. The zero-order valence-electron chi connectivity index (χ0n) is 19.1. The van der Waals surface area contributed by atoms with Crippen LogP contribution in [0.1, 0.15) is 38.3 Å². The molecular formula is C27H28O6. The minimum absolute atomic E-state index is 0.0470. The second-order valence-electron chi connectivity index (χ2n) is 7.46. The molecule has 0 fully saturated rings. The maximum Gasteiger partial charge on any atom is 0.342 e. The lowest BCUT2D eigenvalue weighted by Gasteiger charge is -2.15. The molecule has 0 radical (unpaired) electrons. The van der Waals surface area contributed by atoms with Gasteiger partial charge in [0, 0.05) is 24.8 Å². The van der Waals surface area contributed by atoms with Crippen LogP contribution in [0.4, 0.5) is 0 Å². The summed E-state index contributed by atoms with van der Waals surface area (Å²) in [5.74, 6) is -2.43. The van der Waals surface area contributed by atoms with E-state index in [-0.39, 0.29) is 41.1 Å². The van der Waals surface area contributed by atoms with E-state index in [2.05, 4.69) is 6.58 Å². The number of benzene rings is 2. The van der Waals surface area contributed by atoms with E-state index >= 15 is 0 Å². The fourth-order valence-corrected chi connectivity index (χ4v) is 2.96. The first-order valence-electron chi connectivity index (χ1n) is 10.6. The number of carbonyl (C=O) groups excluding carboxylic acids is 2. The molecule has 0 spiro atoms. The molecular weight excluding hydrogens is 420 g/mol. The number of aliphatic carboxylic acids is 1. The Bertz CT molecular complexity index is 1080. The molecule has 0 unspecified atom stereocenters. The Morgan fingerprint density at radius 2 is 1.24 bits per heavy atom. The van der Waals surface area contributed by atoms with Gasteiger partial charge in [-0.2, -0.15) is 0 Å². The van der Waals surface area contributed by atoms with E-state index in [1.807, 2.05) is 60.7 Å². The highest BCUT2D eigenvalue weighted by Crippen LogP contribution is 2.20. The summed E-state index contributed by atoms with van der Waals surface area (Å²) in [7, 11) is 0. The second kappa shape index (κ2) is 12.2. The maximum atomic E-state index is 12.8. The van der Waals surface area contributed by atoms with Crippen LogP contribution >= 0.6 is 0 Å². The number of ether oxygens (including phenoxy) is 2. The topological polar surface area (TPSA) is 89.9 Å². The standard InChI is InChI=1S/C27H28O6/c1-5-23(19(3)25(28)29)32-27(31)20(4)24(17-22-14-10-7-11-15-22)33-26(30)18(2)16-21-12-8-6-9-13-21/h6-15H,2,5,16-17H2,1,3-4H3,(H,28,29). The van der Waals surface area contributed by atoms with Gasteiger partial charge in [-0.3, -0.25) is 0 Å². The van der Waals surface area contributed by atoms with E-state index in [9.17, 15) is 19.5 Å². The van der Waals surface area contributed by atoms with Gasteiger partial charge < -0.3 is 14.6 Å². The maximum absolute atomic E-state index is 12.8. The average molecular weight is 449 g/mol. The van der Waals surface area contributed by atoms with Crippen LogP contribution in [-0.2, 0) is 36.7 Å². The largest absolute Gasteiger partial charge is 0.478 e. The number of carboxylic acid groups (broad SMARTS) is 1.